The molecule has 1 aliphatic heterocycles. The Bertz CT molecular complexity index is 1070. The topological polar surface area (TPSA) is 87.4 Å². The number of benzene rings is 2. The summed E-state index contributed by atoms with van der Waals surface area (Å²) in [7, 11) is 0. The van der Waals surface area contributed by atoms with Gasteiger partial charge in [-0.05, 0) is 29.8 Å². The Balaban J connectivity index is 1.51. The average molecular weight is 426 g/mol. The van der Waals surface area contributed by atoms with Gasteiger partial charge >= 0.3 is 5.69 Å². The largest absolute Gasteiger partial charge is 0.366 e. The third-order valence-corrected chi connectivity index (χ3v) is 5.13. The highest BCUT2D eigenvalue weighted by molar-refractivity contribution is 5.70. The summed E-state index contributed by atoms with van der Waals surface area (Å²) in [6, 6.07) is 12.4. The van der Waals surface area contributed by atoms with E-state index in [-0.39, 0.29) is 35.5 Å². The Labute approximate surface area is 177 Å². The molecule has 0 atom stereocenters. The second kappa shape index (κ2) is 8.90. The number of hydrogen-bond donors (Lipinski definition) is 1. The first-order valence-electron chi connectivity index (χ1n) is 9.75. The molecule has 2 heterocycles. The minimum atomic E-state index is -0.508. The molecule has 0 amide bonds. The van der Waals surface area contributed by atoms with Crippen LogP contribution in [0.15, 0.2) is 54.9 Å². The third-order valence-electron chi connectivity index (χ3n) is 5.13. The lowest BCUT2D eigenvalue weighted by Gasteiger charge is -2.36. The van der Waals surface area contributed by atoms with E-state index in [1.807, 2.05) is 4.90 Å². The fraction of sp³-hybridized carbons (Fsp3) is 0.238. The van der Waals surface area contributed by atoms with E-state index in [9.17, 15) is 18.9 Å². The van der Waals surface area contributed by atoms with Crippen LogP contribution in [0.3, 0.4) is 0 Å². The highest BCUT2D eigenvalue weighted by atomic mass is 19.1. The number of nitrogens with one attached hydrogen (secondary N) is 1. The van der Waals surface area contributed by atoms with Gasteiger partial charge in [-0.3, -0.25) is 10.1 Å². The van der Waals surface area contributed by atoms with Gasteiger partial charge in [0.1, 0.15) is 18.0 Å². The number of aromatic nitrogens is 2. The number of rotatable bonds is 6. The quantitative estimate of drug-likeness (QED) is 0.476. The van der Waals surface area contributed by atoms with Gasteiger partial charge in [-0.25, -0.2) is 18.7 Å². The van der Waals surface area contributed by atoms with Crippen molar-refractivity contribution in [2.45, 2.75) is 6.54 Å². The molecule has 1 aromatic heterocycles. The Hall–Kier alpha value is -3.82. The van der Waals surface area contributed by atoms with Crippen LogP contribution in [-0.2, 0) is 6.54 Å². The van der Waals surface area contributed by atoms with Crippen LogP contribution >= 0.6 is 0 Å². The van der Waals surface area contributed by atoms with Crippen molar-refractivity contribution in [2.75, 3.05) is 41.3 Å². The molecular weight excluding hydrogens is 406 g/mol. The molecule has 0 spiro atoms. The fourth-order valence-electron chi connectivity index (χ4n) is 3.55. The van der Waals surface area contributed by atoms with E-state index in [0.717, 1.165) is 5.56 Å². The van der Waals surface area contributed by atoms with Gasteiger partial charge in [-0.2, -0.15) is 0 Å². The molecule has 0 radical (unpaired) electrons. The first-order valence-corrected chi connectivity index (χ1v) is 9.75. The fourth-order valence-corrected chi connectivity index (χ4v) is 3.55. The van der Waals surface area contributed by atoms with Crippen molar-refractivity contribution in [3.05, 3.63) is 82.2 Å². The van der Waals surface area contributed by atoms with Gasteiger partial charge in [0.05, 0.1) is 10.6 Å². The van der Waals surface area contributed by atoms with E-state index < -0.39 is 4.92 Å². The molecule has 2 aromatic carbocycles. The summed E-state index contributed by atoms with van der Waals surface area (Å²) in [5.74, 6) is -0.338. The Morgan fingerprint density at radius 3 is 2.32 bits per heavy atom. The Morgan fingerprint density at radius 2 is 1.65 bits per heavy atom. The standard InChI is InChI=1S/C21H20F2N6O2/c22-16-7-5-15(6-8-16)13-24-20-19(29(30)31)21(26-14-25-20)28-11-9-27(10-12-28)18-4-2-1-3-17(18)23/h1-8,14H,9-13H2,(H,24,25,26). The molecule has 1 N–H and O–H groups in total. The molecule has 0 unspecified atom stereocenters. The Kier molecular flexibility index (Phi) is 5.87. The van der Waals surface area contributed by atoms with Crippen molar-refractivity contribution >= 4 is 23.0 Å². The maximum Gasteiger partial charge on any atom is 0.353 e. The SMILES string of the molecule is O=[N+]([O-])c1c(NCc2ccc(F)cc2)ncnc1N1CCN(c2ccccc2F)CC1. The predicted molar refractivity (Wildman–Crippen MR) is 113 cm³/mol. The molecule has 8 nitrogen and oxygen atoms in total. The molecule has 31 heavy (non-hydrogen) atoms. The van der Waals surface area contributed by atoms with E-state index in [1.165, 1.54) is 24.5 Å². The third kappa shape index (κ3) is 4.52. The zero-order valence-electron chi connectivity index (χ0n) is 16.5. The van der Waals surface area contributed by atoms with Gasteiger partial charge in [0, 0.05) is 32.7 Å². The molecule has 1 saturated heterocycles. The van der Waals surface area contributed by atoms with Crippen LogP contribution in [0.1, 0.15) is 5.56 Å². The van der Waals surface area contributed by atoms with Gasteiger partial charge in [0.25, 0.3) is 0 Å². The number of piperazine rings is 1. The van der Waals surface area contributed by atoms with E-state index >= 15 is 0 Å². The molecule has 4 rings (SSSR count). The van der Waals surface area contributed by atoms with Gasteiger partial charge in [0.15, 0.2) is 0 Å². The molecule has 3 aromatic rings. The van der Waals surface area contributed by atoms with Crippen LogP contribution in [0.2, 0.25) is 0 Å². The minimum absolute atomic E-state index is 0.0934. The summed E-state index contributed by atoms with van der Waals surface area (Å²) in [6.07, 6.45) is 1.28. The molecular formula is C21H20F2N6O2. The first kappa shape index (κ1) is 20.5. The van der Waals surface area contributed by atoms with Crippen LogP contribution < -0.4 is 15.1 Å². The maximum absolute atomic E-state index is 14.1. The van der Waals surface area contributed by atoms with Gasteiger partial charge in [0.2, 0.25) is 11.6 Å². The smallest absolute Gasteiger partial charge is 0.353 e. The number of nitrogens with zero attached hydrogens (tertiary/aromatic N) is 5. The van der Waals surface area contributed by atoms with Crippen LogP contribution in [0.5, 0.6) is 0 Å². The molecule has 1 aliphatic rings. The number of para-hydroxylation sites is 1. The molecule has 1 fully saturated rings. The second-order valence-corrected chi connectivity index (χ2v) is 7.06. The van der Waals surface area contributed by atoms with E-state index in [1.54, 1.807) is 35.2 Å². The second-order valence-electron chi connectivity index (χ2n) is 7.06. The summed E-state index contributed by atoms with van der Waals surface area (Å²) in [4.78, 5) is 23.2. The summed E-state index contributed by atoms with van der Waals surface area (Å²) in [5.41, 5.74) is 1.05. The minimum Gasteiger partial charge on any atom is -0.366 e. The summed E-state index contributed by atoms with van der Waals surface area (Å²) < 4.78 is 27.1. The van der Waals surface area contributed by atoms with Gasteiger partial charge in [-0.1, -0.05) is 24.3 Å². The van der Waals surface area contributed by atoms with Crippen LogP contribution in [0, 0.1) is 21.7 Å². The number of nitro groups is 1. The van der Waals surface area contributed by atoms with Gasteiger partial charge < -0.3 is 15.1 Å². The first-order chi connectivity index (χ1) is 15.0. The Morgan fingerprint density at radius 1 is 0.968 bits per heavy atom. The summed E-state index contributed by atoms with van der Waals surface area (Å²) in [5, 5.41) is 14.8. The van der Waals surface area contributed by atoms with Crippen molar-refractivity contribution in [1.82, 2.24) is 9.97 Å². The van der Waals surface area contributed by atoms with Crippen LogP contribution in [0.25, 0.3) is 0 Å². The zero-order valence-corrected chi connectivity index (χ0v) is 16.5. The van der Waals surface area contributed by atoms with Crippen molar-refractivity contribution in [2.24, 2.45) is 0 Å². The van der Waals surface area contributed by atoms with Crippen molar-refractivity contribution < 1.29 is 13.7 Å². The van der Waals surface area contributed by atoms with Crippen molar-refractivity contribution in [3.63, 3.8) is 0 Å². The monoisotopic (exact) mass is 426 g/mol. The highest BCUT2D eigenvalue weighted by Crippen LogP contribution is 2.33. The van der Waals surface area contributed by atoms with Crippen molar-refractivity contribution in [1.29, 1.82) is 0 Å². The summed E-state index contributed by atoms with van der Waals surface area (Å²) in [6.45, 7) is 2.15. The zero-order chi connectivity index (χ0) is 21.8. The van der Waals surface area contributed by atoms with Crippen LogP contribution in [-0.4, -0.2) is 41.1 Å². The molecule has 0 aliphatic carbocycles. The predicted octanol–water partition coefficient (Wildman–Crippen LogP) is 3.60. The van der Waals surface area contributed by atoms with E-state index in [0.29, 0.717) is 31.9 Å². The highest BCUT2D eigenvalue weighted by Gasteiger charge is 2.29. The van der Waals surface area contributed by atoms with Gasteiger partial charge in [-0.15, -0.1) is 0 Å². The lowest BCUT2D eigenvalue weighted by Crippen LogP contribution is -2.47. The van der Waals surface area contributed by atoms with Crippen molar-refractivity contribution in [3.8, 4) is 0 Å². The summed E-state index contributed by atoms with van der Waals surface area (Å²) >= 11 is 0. The lowest BCUT2D eigenvalue weighted by atomic mass is 10.2. The normalized spacial score (nSPS) is 13.9. The van der Waals surface area contributed by atoms with E-state index in [2.05, 4.69) is 15.3 Å². The maximum atomic E-state index is 14.1. The molecule has 160 valence electrons. The van der Waals surface area contributed by atoms with E-state index in [4.69, 9.17) is 0 Å². The van der Waals surface area contributed by atoms with Crippen LogP contribution in [0.4, 0.5) is 31.8 Å². The number of halogens is 2. The molecule has 0 saturated carbocycles. The molecule has 10 heteroatoms. The molecule has 0 bridgehead atoms. The number of anilines is 3. The average Bonchev–Trinajstić information content (AvgIpc) is 2.79. The number of hydrogen-bond acceptors (Lipinski definition) is 7. The lowest BCUT2D eigenvalue weighted by molar-refractivity contribution is -0.383.